The number of carbonyl (C=O) groups is 1. The van der Waals surface area contributed by atoms with E-state index in [4.69, 9.17) is 17.3 Å². The fourth-order valence-corrected chi connectivity index (χ4v) is 1.77. The number of methoxy groups -OCH3 is 1. The highest BCUT2D eigenvalue weighted by Crippen LogP contribution is 2.25. The number of hydrogen-bond acceptors (Lipinski definition) is 5. The molecule has 0 spiro atoms. The Morgan fingerprint density at radius 3 is 3.07 bits per heavy atom. The first-order valence-corrected chi connectivity index (χ1v) is 5.10. The van der Waals surface area contributed by atoms with Crippen LogP contribution in [0.4, 0.5) is 5.69 Å². The van der Waals surface area contributed by atoms with Gasteiger partial charge in [-0.2, -0.15) is 0 Å². The van der Waals surface area contributed by atoms with E-state index < -0.39 is 0 Å². The Morgan fingerprint density at radius 2 is 2.50 bits per heavy atom. The van der Waals surface area contributed by atoms with E-state index in [1.807, 2.05) is 0 Å². The summed E-state index contributed by atoms with van der Waals surface area (Å²) >= 11 is 7.06. The summed E-state index contributed by atoms with van der Waals surface area (Å²) in [5.41, 5.74) is 5.96. The third-order valence-corrected chi connectivity index (χ3v) is 2.76. The highest BCUT2D eigenvalue weighted by Gasteiger charge is 2.06. The van der Waals surface area contributed by atoms with Crippen LogP contribution in [0.5, 0.6) is 0 Å². The molecule has 0 aliphatic carbocycles. The topological polar surface area (TPSA) is 65.2 Å². The Hall–Kier alpha value is -0.940. The van der Waals surface area contributed by atoms with Crippen LogP contribution in [-0.4, -0.2) is 23.8 Å². The lowest BCUT2D eigenvalue weighted by Crippen LogP contribution is -2.03. The van der Waals surface area contributed by atoms with Crippen LogP contribution in [0.25, 0.3) is 0 Å². The van der Waals surface area contributed by atoms with E-state index in [9.17, 15) is 4.79 Å². The Kier molecular flexibility index (Phi) is 4.03. The number of nitrogens with zero attached hydrogens (tertiary/aromatic N) is 1. The number of thioether (sulfide) groups is 1. The molecule has 1 rings (SSSR count). The third kappa shape index (κ3) is 3.08. The molecular weight excluding hydrogens is 224 g/mol. The summed E-state index contributed by atoms with van der Waals surface area (Å²) in [5, 5.41) is 1.02. The van der Waals surface area contributed by atoms with Crippen molar-refractivity contribution >= 4 is 35.0 Å². The zero-order valence-electron chi connectivity index (χ0n) is 7.49. The molecule has 1 aromatic heterocycles. The average Bonchev–Trinajstić information content (AvgIpc) is 2.16. The van der Waals surface area contributed by atoms with E-state index in [0.29, 0.717) is 15.7 Å². The summed E-state index contributed by atoms with van der Waals surface area (Å²) < 4.78 is 4.48. The van der Waals surface area contributed by atoms with Gasteiger partial charge >= 0.3 is 5.97 Å². The van der Waals surface area contributed by atoms with Crippen LogP contribution in [0.15, 0.2) is 17.3 Å². The molecule has 0 aromatic carbocycles. The number of anilines is 1. The number of carbonyl (C=O) groups excluding carboxylic acids is 1. The summed E-state index contributed by atoms with van der Waals surface area (Å²) in [6, 6.07) is 1.59. The van der Waals surface area contributed by atoms with Gasteiger partial charge in [0.2, 0.25) is 0 Å². The van der Waals surface area contributed by atoms with Gasteiger partial charge in [0.25, 0.3) is 0 Å². The minimum Gasteiger partial charge on any atom is -0.468 e. The van der Waals surface area contributed by atoms with Gasteiger partial charge in [-0.3, -0.25) is 4.79 Å². The molecule has 6 heteroatoms. The molecule has 0 bridgehead atoms. The predicted octanol–water partition coefficient (Wildman–Crippen LogP) is 1.58. The van der Waals surface area contributed by atoms with Gasteiger partial charge in [-0.15, -0.1) is 0 Å². The number of esters is 1. The Bertz CT molecular complexity index is 346. The van der Waals surface area contributed by atoms with Gasteiger partial charge in [-0.05, 0) is 6.07 Å². The fraction of sp³-hybridized carbons (Fsp3) is 0.250. The number of pyridine rings is 1. The smallest absolute Gasteiger partial charge is 0.316 e. The van der Waals surface area contributed by atoms with Gasteiger partial charge in [0.1, 0.15) is 5.03 Å². The zero-order valence-corrected chi connectivity index (χ0v) is 9.06. The van der Waals surface area contributed by atoms with Crippen molar-refractivity contribution in [3.8, 4) is 0 Å². The number of halogens is 1. The third-order valence-electron chi connectivity index (χ3n) is 1.38. The van der Waals surface area contributed by atoms with Gasteiger partial charge in [-0.1, -0.05) is 23.4 Å². The number of hydrogen-bond donors (Lipinski definition) is 1. The number of rotatable bonds is 3. The standard InChI is InChI=1S/C8H9ClN2O2S/c1-13-7(12)4-14-8-6(9)2-5(10)3-11-8/h2-3H,4,10H2,1H3. The second-order valence-corrected chi connectivity index (χ2v) is 3.79. The molecule has 0 aliphatic rings. The molecule has 4 nitrogen and oxygen atoms in total. The molecule has 2 N–H and O–H groups in total. The minimum atomic E-state index is -0.315. The second kappa shape index (κ2) is 5.07. The number of nitrogens with two attached hydrogens (primary N) is 1. The molecule has 0 fully saturated rings. The molecule has 14 heavy (non-hydrogen) atoms. The molecule has 0 atom stereocenters. The van der Waals surface area contributed by atoms with Crippen molar-refractivity contribution in [3.63, 3.8) is 0 Å². The second-order valence-electron chi connectivity index (χ2n) is 2.42. The summed E-state index contributed by atoms with van der Waals surface area (Å²) in [5.74, 6) is -0.127. The predicted molar refractivity (Wildman–Crippen MR) is 56.4 cm³/mol. The van der Waals surface area contributed by atoms with Crippen LogP contribution in [0.1, 0.15) is 0 Å². The number of nitrogen functional groups attached to an aromatic ring is 1. The first-order chi connectivity index (χ1) is 6.63. The summed E-state index contributed by atoms with van der Waals surface area (Å²) in [4.78, 5) is 14.8. The maximum absolute atomic E-state index is 10.8. The molecule has 0 unspecified atom stereocenters. The van der Waals surface area contributed by atoms with Crippen LogP contribution in [-0.2, 0) is 9.53 Å². The number of aromatic nitrogens is 1. The van der Waals surface area contributed by atoms with Crippen LogP contribution in [0, 0.1) is 0 Å². The minimum absolute atomic E-state index is 0.188. The average molecular weight is 233 g/mol. The maximum Gasteiger partial charge on any atom is 0.316 e. The Labute approximate surface area is 90.8 Å². The van der Waals surface area contributed by atoms with Gasteiger partial charge < -0.3 is 10.5 Å². The van der Waals surface area contributed by atoms with Crippen LogP contribution >= 0.6 is 23.4 Å². The molecule has 0 aliphatic heterocycles. The maximum atomic E-state index is 10.8. The zero-order chi connectivity index (χ0) is 10.6. The first kappa shape index (κ1) is 11.1. The van der Waals surface area contributed by atoms with Gasteiger partial charge in [0, 0.05) is 0 Å². The van der Waals surface area contributed by atoms with E-state index in [-0.39, 0.29) is 11.7 Å². The van der Waals surface area contributed by atoms with E-state index in [2.05, 4.69) is 9.72 Å². The molecule has 0 amide bonds. The molecule has 1 heterocycles. The highest BCUT2D eigenvalue weighted by atomic mass is 35.5. The number of ether oxygens (including phenoxy) is 1. The van der Waals surface area contributed by atoms with Crippen LogP contribution in [0.3, 0.4) is 0 Å². The normalized spacial score (nSPS) is 9.86. The lowest BCUT2D eigenvalue weighted by molar-refractivity contribution is -0.137. The van der Waals surface area contributed by atoms with Crippen molar-refractivity contribution in [1.29, 1.82) is 0 Å². The largest absolute Gasteiger partial charge is 0.468 e. The van der Waals surface area contributed by atoms with E-state index in [0.717, 1.165) is 0 Å². The van der Waals surface area contributed by atoms with Crippen molar-refractivity contribution in [2.24, 2.45) is 0 Å². The highest BCUT2D eigenvalue weighted by molar-refractivity contribution is 8.00. The SMILES string of the molecule is COC(=O)CSc1ncc(N)cc1Cl. The van der Waals surface area contributed by atoms with Crippen molar-refractivity contribution < 1.29 is 9.53 Å². The Balaban J connectivity index is 2.63. The first-order valence-electron chi connectivity index (χ1n) is 3.74. The lowest BCUT2D eigenvalue weighted by atomic mass is 10.4. The van der Waals surface area contributed by atoms with Gasteiger partial charge in [0.05, 0.1) is 29.8 Å². The van der Waals surface area contributed by atoms with Crippen molar-refractivity contribution in [2.75, 3.05) is 18.6 Å². The fourth-order valence-electron chi connectivity index (χ4n) is 0.733. The summed E-state index contributed by atoms with van der Waals surface area (Å²) in [7, 11) is 1.33. The molecule has 76 valence electrons. The molecule has 1 aromatic rings. The molecule has 0 radical (unpaired) electrons. The van der Waals surface area contributed by atoms with Gasteiger partial charge in [0.15, 0.2) is 0 Å². The monoisotopic (exact) mass is 232 g/mol. The lowest BCUT2D eigenvalue weighted by Gasteiger charge is -2.02. The van der Waals surface area contributed by atoms with Crippen LogP contribution in [0.2, 0.25) is 5.02 Å². The van der Waals surface area contributed by atoms with Gasteiger partial charge in [-0.25, -0.2) is 4.98 Å². The Morgan fingerprint density at radius 1 is 1.79 bits per heavy atom. The quantitative estimate of drug-likeness (QED) is 0.633. The van der Waals surface area contributed by atoms with Crippen LogP contribution < -0.4 is 5.73 Å². The molecular formula is C8H9ClN2O2S. The van der Waals surface area contributed by atoms with E-state index in [1.54, 1.807) is 6.07 Å². The summed E-state index contributed by atoms with van der Waals surface area (Å²) in [6.45, 7) is 0. The van der Waals surface area contributed by atoms with Crippen molar-refractivity contribution in [1.82, 2.24) is 4.98 Å². The molecule has 0 saturated heterocycles. The van der Waals surface area contributed by atoms with E-state index in [1.165, 1.54) is 25.1 Å². The van der Waals surface area contributed by atoms with Crippen molar-refractivity contribution in [3.05, 3.63) is 17.3 Å². The van der Waals surface area contributed by atoms with E-state index >= 15 is 0 Å². The van der Waals surface area contributed by atoms with Crippen molar-refractivity contribution in [2.45, 2.75) is 5.03 Å². The summed E-state index contributed by atoms with van der Waals surface area (Å²) in [6.07, 6.45) is 1.49. The molecule has 0 saturated carbocycles.